The average molecular weight is 210 g/mol. The Bertz CT molecular complexity index is 268. The normalized spacial score (nSPS) is 20.4. The minimum atomic E-state index is 0.921. The molecule has 0 unspecified atom stereocenters. The van der Waals surface area contributed by atoms with Crippen molar-refractivity contribution in [3.63, 3.8) is 0 Å². The van der Waals surface area contributed by atoms with E-state index in [0.29, 0.717) is 0 Å². The van der Waals surface area contributed by atoms with Crippen LogP contribution in [-0.4, -0.2) is 35.9 Å². The van der Waals surface area contributed by atoms with Crippen LogP contribution in [-0.2, 0) is 0 Å². The van der Waals surface area contributed by atoms with Crippen LogP contribution in [0.4, 0.5) is 0 Å². The van der Waals surface area contributed by atoms with Gasteiger partial charge in [-0.25, -0.2) is 4.31 Å². The molecule has 0 aromatic rings. The van der Waals surface area contributed by atoms with E-state index in [1.807, 2.05) is 10.4 Å². The maximum atomic E-state index is 4.39. The van der Waals surface area contributed by atoms with E-state index < -0.39 is 0 Å². The molecule has 3 heteroatoms. The number of hydrogen-bond donors (Lipinski definition) is 1. The fraction of sp³-hybridized carbons (Fsp3) is 0.455. The van der Waals surface area contributed by atoms with Crippen LogP contribution < -0.4 is 0 Å². The molecule has 0 bridgehead atoms. The van der Waals surface area contributed by atoms with Gasteiger partial charge in [0.15, 0.2) is 0 Å². The quantitative estimate of drug-likeness (QED) is 0.551. The largest absolute Gasteiger partial charge is 0.373 e. The Morgan fingerprint density at radius 3 is 2.79 bits per heavy atom. The first-order valence-corrected chi connectivity index (χ1v) is 5.19. The van der Waals surface area contributed by atoms with Gasteiger partial charge in [-0.2, -0.15) is 0 Å². The van der Waals surface area contributed by atoms with Crippen LogP contribution in [0.3, 0.4) is 0 Å². The molecule has 0 atom stereocenters. The molecule has 1 aliphatic heterocycles. The van der Waals surface area contributed by atoms with Crippen molar-refractivity contribution in [2.24, 2.45) is 0 Å². The molecular formula is C11H18N2S. The molecule has 0 aliphatic carbocycles. The van der Waals surface area contributed by atoms with Crippen molar-refractivity contribution in [2.75, 3.05) is 26.7 Å². The van der Waals surface area contributed by atoms with Crippen LogP contribution in [0.1, 0.15) is 6.92 Å². The van der Waals surface area contributed by atoms with E-state index in [1.54, 1.807) is 6.08 Å². The molecular weight excluding hydrogens is 192 g/mol. The van der Waals surface area contributed by atoms with Crippen molar-refractivity contribution in [2.45, 2.75) is 6.92 Å². The fourth-order valence-corrected chi connectivity index (χ4v) is 1.88. The van der Waals surface area contributed by atoms with Crippen LogP contribution in [0.2, 0.25) is 0 Å². The van der Waals surface area contributed by atoms with Crippen LogP contribution >= 0.6 is 12.8 Å². The van der Waals surface area contributed by atoms with E-state index in [-0.39, 0.29) is 0 Å². The summed E-state index contributed by atoms with van der Waals surface area (Å²) in [6.45, 7) is 8.75. The van der Waals surface area contributed by atoms with Crippen molar-refractivity contribution in [1.29, 1.82) is 0 Å². The fourth-order valence-electron chi connectivity index (χ4n) is 1.57. The third-order valence-corrected chi connectivity index (χ3v) is 2.69. The van der Waals surface area contributed by atoms with E-state index in [2.05, 4.69) is 44.3 Å². The highest BCUT2D eigenvalue weighted by Gasteiger charge is 2.13. The summed E-state index contributed by atoms with van der Waals surface area (Å²) >= 11 is 4.39. The summed E-state index contributed by atoms with van der Waals surface area (Å²) in [5.74, 6) is 0. The Kier molecular flexibility index (Phi) is 4.29. The maximum absolute atomic E-state index is 4.39. The molecule has 0 aromatic carbocycles. The smallest absolute Gasteiger partial charge is 0.0366 e. The van der Waals surface area contributed by atoms with Gasteiger partial charge in [-0.1, -0.05) is 31.5 Å². The van der Waals surface area contributed by atoms with Crippen molar-refractivity contribution in [3.8, 4) is 0 Å². The summed E-state index contributed by atoms with van der Waals surface area (Å²) in [5, 5.41) is 0. The Morgan fingerprint density at radius 2 is 2.14 bits per heavy atom. The van der Waals surface area contributed by atoms with E-state index in [9.17, 15) is 0 Å². The van der Waals surface area contributed by atoms with Crippen LogP contribution in [0, 0.1) is 0 Å². The molecule has 1 rings (SSSR count). The third-order valence-electron chi connectivity index (χ3n) is 2.35. The monoisotopic (exact) mass is 210 g/mol. The Morgan fingerprint density at radius 1 is 1.43 bits per heavy atom. The van der Waals surface area contributed by atoms with Gasteiger partial charge in [0.2, 0.25) is 0 Å². The second-order valence-corrected chi connectivity index (χ2v) is 4.14. The van der Waals surface area contributed by atoms with Crippen molar-refractivity contribution in [3.05, 3.63) is 36.1 Å². The molecule has 0 amide bonds. The highest BCUT2D eigenvalue weighted by molar-refractivity contribution is 7.77. The lowest BCUT2D eigenvalue weighted by molar-refractivity contribution is 0.400. The van der Waals surface area contributed by atoms with Gasteiger partial charge in [0.1, 0.15) is 0 Å². The molecule has 0 saturated heterocycles. The summed E-state index contributed by atoms with van der Waals surface area (Å²) in [5.41, 5.74) is 2.62. The average Bonchev–Trinajstić information content (AvgIpc) is 2.25. The highest BCUT2D eigenvalue weighted by atomic mass is 32.1. The van der Waals surface area contributed by atoms with E-state index in [4.69, 9.17) is 0 Å². The van der Waals surface area contributed by atoms with Crippen LogP contribution in [0.25, 0.3) is 0 Å². The third kappa shape index (κ3) is 2.93. The summed E-state index contributed by atoms with van der Waals surface area (Å²) < 4.78 is 2.04. The lowest BCUT2D eigenvalue weighted by Crippen LogP contribution is -2.23. The highest BCUT2D eigenvalue weighted by Crippen LogP contribution is 2.16. The lowest BCUT2D eigenvalue weighted by Gasteiger charge is -2.19. The van der Waals surface area contributed by atoms with Gasteiger partial charge in [0, 0.05) is 32.4 Å². The van der Waals surface area contributed by atoms with Crippen molar-refractivity contribution >= 4 is 12.8 Å². The summed E-state index contributed by atoms with van der Waals surface area (Å²) in [6.07, 6.45) is 5.89. The van der Waals surface area contributed by atoms with Gasteiger partial charge in [-0.3, -0.25) is 0 Å². The lowest BCUT2D eigenvalue weighted by atomic mass is 10.2. The first kappa shape index (κ1) is 11.4. The molecule has 1 aliphatic rings. The first-order valence-electron chi connectivity index (χ1n) is 4.79. The second kappa shape index (κ2) is 5.27. The van der Waals surface area contributed by atoms with E-state index in [0.717, 1.165) is 19.6 Å². The number of allylic oxidation sites excluding steroid dienone is 3. The molecule has 78 valence electrons. The standard InChI is InChI=1S/C11H18N2S/c1-4-5-6-11-10(2)9-13(14)8-7-12(11)3/h4-6,14H,1,7-9H2,2-3H3/b6-5-. The van der Waals surface area contributed by atoms with Gasteiger partial charge < -0.3 is 4.90 Å². The zero-order valence-electron chi connectivity index (χ0n) is 8.90. The van der Waals surface area contributed by atoms with Gasteiger partial charge >= 0.3 is 0 Å². The Balaban J connectivity index is 2.87. The minimum absolute atomic E-state index is 0.921. The molecule has 0 saturated carbocycles. The predicted octanol–water partition coefficient (Wildman–Crippen LogP) is 2.09. The van der Waals surface area contributed by atoms with Gasteiger partial charge in [0.25, 0.3) is 0 Å². The van der Waals surface area contributed by atoms with Crippen molar-refractivity contribution < 1.29 is 0 Å². The molecule has 0 aromatic heterocycles. The summed E-state index contributed by atoms with van der Waals surface area (Å²) in [7, 11) is 2.11. The number of nitrogens with zero attached hydrogens (tertiary/aromatic N) is 2. The predicted molar refractivity (Wildman–Crippen MR) is 65.2 cm³/mol. The number of thiol groups is 1. The van der Waals surface area contributed by atoms with Gasteiger partial charge in [-0.15, -0.1) is 0 Å². The van der Waals surface area contributed by atoms with Gasteiger partial charge in [0.05, 0.1) is 0 Å². The first-order chi connectivity index (χ1) is 6.65. The van der Waals surface area contributed by atoms with E-state index >= 15 is 0 Å². The molecule has 1 heterocycles. The molecule has 0 fully saturated rings. The topological polar surface area (TPSA) is 6.48 Å². The zero-order chi connectivity index (χ0) is 10.6. The van der Waals surface area contributed by atoms with Gasteiger partial charge in [-0.05, 0) is 18.6 Å². The molecule has 0 radical (unpaired) electrons. The Hall–Kier alpha value is -0.670. The summed E-state index contributed by atoms with van der Waals surface area (Å²) in [4.78, 5) is 2.26. The number of hydrogen-bond acceptors (Lipinski definition) is 3. The minimum Gasteiger partial charge on any atom is -0.373 e. The molecule has 14 heavy (non-hydrogen) atoms. The Labute approximate surface area is 92.1 Å². The molecule has 2 nitrogen and oxygen atoms in total. The van der Waals surface area contributed by atoms with Crippen LogP contribution in [0.5, 0.6) is 0 Å². The van der Waals surface area contributed by atoms with Crippen LogP contribution in [0.15, 0.2) is 36.1 Å². The van der Waals surface area contributed by atoms with E-state index in [1.165, 1.54) is 11.3 Å². The summed E-state index contributed by atoms with van der Waals surface area (Å²) in [6, 6.07) is 0. The number of likely N-dealkylation sites (N-methyl/N-ethyl adjacent to an activating group) is 1. The van der Waals surface area contributed by atoms with Crippen molar-refractivity contribution in [1.82, 2.24) is 9.21 Å². The molecule has 0 N–H and O–H groups in total. The number of rotatable bonds is 2. The maximum Gasteiger partial charge on any atom is 0.0366 e. The SMILES string of the molecule is C=C/C=C\C1=C(C)CN(S)CCN1C. The molecule has 0 spiro atoms. The second-order valence-electron chi connectivity index (χ2n) is 3.57. The zero-order valence-corrected chi connectivity index (χ0v) is 9.80.